The van der Waals surface area contributed by atoms with Crippen molar-refractivity contribution >= 4 is 11.8 Å². The van der Waals surface area contributed by atoms with Gasteiger partial charge in [-0.25, -0.2) is 0 Å². The van der Waals surface area contributed by atoms with Crippen LogP contribution in [0, 0.1) is 5.92 Å². The fourth-order valence-electron chi connectivity index (χ4n) is 3.84. The number of nitrogens with one attached hydrogen (secondary N) is 1. The molecule has 1 heterocycles. The van der Waals surface area contributed by atoms with Crippen molar-refractivity contribution in [1.29, 1.82) is 0 Å². The Labute approximate surface area is 185 Å². The molecule has 172 valence electrons. The normalized spacial score (nSPS) is 17.0. The summed E-state index contributed by atoms with van der Waals surface area (Å²) in [6, 6.07) is 12.0. The fraction of sp³-hybridized carbons (Fsp3) is 0.417. The number of hydrogen-bond donors (Lipinski definition) is 1. The minimum atomic E-state index is -4.76. The van der Waals surface area contributed by atoms with Crippen LogP contribution in [-0.4, -0.2) is 29.1 Å². The highest BCUT2D eigenvalue weighted by Gasteiger charge is 2.35. The summed E-state index contributed by atoms with van der Waals surface area (Å²) in [5.74, 6) is -0.524. The monoisotopic (exact) mass is 448 g/mol. The number of carbonyl (C=O) groups is 2. The van der Waals surface area contributed by atoms with Crippen LogP contribution in [0.3, 0.4) is 0 Å². The van der Waals surface area contributed by atoms with Crippen LogP contribution in [0.1, 0.15) is 49.9 Å². The van der Waals surface area contributed by atoms with Crippen LogP contribution in [0.5, 0.6) is 5.75 Å². The van der Waals surface area contributed by atoms with E-state index in [1.165, 1.54) is 24.3 Å². The maximum atomic E-state index is 13.2. The zero-order valence-corrected chi connectivity index (χ0v) is 18.3. The number of rotatable bonds is 6. The molecule has 3 rings (SSSR count). The topological polar surface area (TPSA) is 58.6 Å². The summed E-state index contributed by atoms with van der Waals surface area (Å²) in [6.07, 6.45) is -4.00. The van der Waals surface area contributed by atoms with Gasteiger partial charge in [0, 0.05) is 19.4 Å². The van der Waals surface area contributed by atoms with Gasteiger partial charge in [-0.1, -0.05) is 50.2 Å². The highest BCUT2D eigenvalue weighted by Crippen LogP contribution is 2.27. The molecular formula is C24H27F3N2O3. The highest BCUT2D eigenvalue weighted by atomic mass is 19.4. The maximum Gasteiger partial charge on any atom is 0.573 e. The second kappa shape index (κ2) is 9.63. The van der Waals surface area contributed by atoms with Crippen molar-refractivity contribution in [2.24, 2.45) is 5.92 Å². The summed E-state index contributed by atoms with van der Waals surface area (Å²) in [7, 11) is 0. The lowest BCUT2D eigenvalue weighted by molar-refractivity contribution is -0.274. The minimum Gasteiger partial charge on any atom is -0.406 e. The van der Waals surface area contributed by atoms with Gasteiger partial charge in [0.1, 0.15) is 11.8 Å². The molecule has 2 amide bonds. The number of ether oxygens (including phenoxy) is 1. The van der Waals surface area contributed by atoms with Crippen molar-refractivity contribution in [3.8, 4) is 5.75 Å². The van der Waals surface area contributed by atoms with Crippen LogP contribution in [0.25, 0.3) is 0 Å². The molecule has 0 spiro atoms. The molecule has 2 unspecified atom stereocenters. The van der Waals surface area contributed by atoms with Gasteiger partial charge >= 0.3 is 6.36 Å². The zero-order valence-electron chi connectivity index (χ0n) is 18.3. The van der Waals surface area contributed by atoms with Crippen molar-refractivity contribution < 1.29 is 27.5 Å². The van der Waals surface area contributed by atoms with E-state index in [2.05, 4.69) is 10.1 Å². The largest absolute Gasteiger partial charge is 0.573 e. The third-order valence-electron chi connectivity index (χ3n) is 5.43. The summed E-state index contributed by atoms with van der Waals surface area (Å²) in [6.45, 7) is 6.03. The Kier molecular flexibility index (Phi) is 7.11. The molecule has 1 N–H and O–H groups in total. The number of nitrogens with zero attached hydrogens (tertiary/aromatic N) is 1. The van der Waals surface area contributed by atoms with E-state index in [-0.39, 0.29) is 23.5 Å². The molecule has 0 radical (unpaired) electrons. The second-order valence-electron chi connectivity index (χ2n) is 8.46. The Bertz CT molecular complexity index is 958. The molecule has 0 aliphatic carbocycles. The van der Waals surface area contributed by atoms with Gasteiger partial charge in [-0.2, -0.15) is 0 Å². The lowest BCUT2D eigenvalue weighted by Crippen LogP contribution is -2.53. The lowest BCUT2D eigenvalue weighted by Gasteiger charge is -2.37. The van der Waals surface area contributed by atoms with E-state index in [1.807, 2.05) is 38.1 Å². The van der Waals surface area contributed by atoms with Crippen LogP contribution in [0.15, 0.2) is 48.5 Å². The van der Waals surface area contributed by atoms with Gasteiger partial charge in [0.25, 0.3) is 0 Å². The van der Waals surface area contributed by atoms with Crippen molar-refractivity contribution in [2.45, 2.75) is 58.6 Å². The average Bonchev–Trinajstić information content (AvgIpc) is 2.71. The standard InChI is InChI=1S/C24H27F3N2O3/c1-15(2)12-22(30)29-14-19-7-5-4-6-18(19)13-21(29)23(31)28-16(3)17-8-10-20(11-9-17)32-24(25,26)27/h4-11,15-16,21H,12-14H2,1-3H3,(H,28,31). The molecule has 2 aromatic rings. The van der Waals surface area contributed by atoms with Gasteiger partial charge in [-0.05, 0) is 41.7 Å². The Morgan fingerprint density at radius 3 is 2.28 bits per heavy atom. The van der Waals surface area contributed by atoms with Crippen LogP contribution in [0.4, 0.5) is 13.2 Å². The van der Waals surface area contributed by atoms with E-state index in [9.17, 15) is 22.8 Å². The van der Waals surface area contributed by atoms with Crippen LogP contribution < -0.4 is 10.1 Å². The first-order chi connectivity index (χ1) is 15.0. The van der Waals surface area contributed by atoms with Gasteiger partial charge in [0.2, 0.25) is 11.8 Å². The fourth-order valence-corrected chi connectivity index (χ4v) is 3.84. The van der Waals surface area contributed by atoms with E-state index < -0.39 is 18.4 Å². The third kappa shape index (κ3) is 6.02. The highest BCUT2D eigenvalue weighted by molar-refractivity contribution is 5.88. The zero-order chi connectivity index (χ0) is 23.5. The molecule has 0 bridgehead atoms. The molecule has 1 aliphatic rings. The molecular weight excluding hydrogens is 421 g/mol. The number of fused-ring (bicyclic) bond motifs is 1. The predicted molar refractivity (Wildman–Crippen MR) is 114 cm³/mol. The maximum absolute atomic E-state index is 13.2. The average molecular weight is 448 g/mol. The molecule has 0 fully saturated rings. The predicted octanol–water partition coefficient (Wildman–Crippen LogP) is 4.76. The lowest BCUT2D eigenvalue weighted by atomic mass is 9.92. The molecule has 0 aromatic heterocycles. The van der Waals surface area contributed by atoms with Crippen LogP contribution in [0.2, 0.25) is 0 Å². The van der Waals surface area contributed by atoms with Gasteiger partial charge in [0.15, 0.2) is 0 Å². The van der Waals surface area contributed by atoms with E-state index >= 15 is 0 Å². The number of halogens is 3. The SMILES string of the molecule is CC(C)CC(=O)N1Cc2ccccc2CC1C(=O)NC(C)c1ccc(OC(F)(F)F)cc1. The molecule has 0 saturated heterocycles. The summed E-state index contributed by atoms with van der Waals surface area (Å²) in [5.41, 5.74) is 2.69. The Hall–Kier alpha value is -3.03. The molecule has 5 nitrogen and oxygen atoms in total. The van der Waals surface area contributed by atoms with Crippen molar-refractivity contribution in [3.05, 3.63) is 65.2 Å². The molecule has 32 heavy (non-hydrogen) atoms. The molecule has 2 aromatic carbocycles. The van der Waals surface area contributed by atoms with Gasteiger partial charge in [0.05, 0.1) is 6.04 Å². The number of carbonyl (C=O) groups excluding carboxylic acids is 2. The molecule has 8 heteroatoms. The van der Waals surface area contributed by atoms with E-state index in [1.54, 1.807) is 11.8 Å². The summed E-state index contributed by atoms with van der Waals surface area (Å²) in [5, 5.41) is 2.91. The molecule has 2 atom stereocenters. The molecule has 1 aliphatic heterocycles. The number of amides is 2. The van der Waals surface area contributed by atoms with E-state index in [4.69, 9.17) is 0 Å². The summed E-state index contributed by atoms with van der Waals surface area (Å²) >= 11 is 0. The van der Waals surface area contributed by atoms with Gasteiger partial charge < -0.3 is 15.0 Å². The van der Waals surface area contributed by atoms with Gasteiger partial charge in [-0.3, -0.25) is 9.59 Å². The van der Waals surface area contributed by atoms with Crippen molar-refractivity contribution in [2.75, 3.05) is 0 Å². The number of benzene rings is 2. The number of alkyl halides is 3. The smallest absolute Gasteiger partial charge is 0.406 e. The summed E-state index contributed by atoms with van der Waals surface area (Å²) < 4.78 is 40.9. The first kappa shape index (κ1) is 23.6. The summed E-state index contributed by atoms with van der Waals surface area (Å²) in [4.78, 5) is 27.7. The quantitative estimate of drug-likeness (QED) is 0.693. The molecule has 0 saturated carbocycles. The van der Waals surface area contributed by atoms with Crippen LogP contribution in [-0.2, 0) is 22.6 Å². The van der Waals surface area contributed by atoms with E-state index in [0.717, 1.165) is 11.1 Å². The van der Waals surface area contributed by atoms with Crippen LogP contribution >= 0.6 is 0 Å². The minimum absolute atomic E-state index is 0.0732. The number of hydrogen-bond acceptors (Lipinski definition) is 3. The Morgan fingerprint density at radius 2 is 1.69 bits per heavy atom. The van der Waals surface area contributed by atoms with Crippen molar-refractivity contribution in [1.82, 2.24) is 10.2 Å². The first-order valence-electron chi connectivity index (χ1n) is 10.6. The van der Waals surface area contributed by atoms with E-state index in [0.29, 0.717) is 24.9 Å². The Balaban J connectivity index is 1.74. The second-order valence-corrected chi connectivity index (χ2v) is 8.46. The third-order valence-corrected chi connectivity index (χ3v) is 5.43. The van der Waals surface area contributed by atoms with Crippen molar-refractivity contribution in [3.63, 3.8) is 0 Å². The Morgan fingerprint density at radius 1 is 1.06 bits per heavy atom. The van der Waals surface area contributed by atoms with Gasteiger partial charge in [-0.15, -0.1) is 13.2 Å². The first-order valence-corrected chi connectivity index (χ1v) is 10.6.